The van der Waals surface area contributed by atoms with Gasteiger partial charge in [0, 0.05) is 44.9 Å². The predicted molar refractivity (Wildman–Crippen MR) is 76.8 cm³/mol. The minimum atomic E-state index is 0.504. The molecular formula is C12H15ClN4OS. The van der Waals surface area contributed by atoms with Crippen LogP contribution in [-0.4, -0.2) is 35.1 Å². The highest BCUT2D eigenvalue weighted by Gasteiger charge is 2.09. The molecule has 0 unspecified atom stereocenters. The van der Waals surface area contributed by atoms with Crippen molar-refractivity contribution in [3.63, 3.8) is 0 Å². The Morgan fingerprint density at radius 2 is 2.26 bits per heavy atom. The molecule has 2 rings (SSSR count). The second kappa shape index (κ2) is 6.79. The minimum Gasteiger partial charge on any atom is -0.384 e. The summed E-state index contributed by atoms with van der Waals surface area (Å²) in [6.45, 7) is 1.37. The fourth-order valence-electron chi connectivity index (χ4n) is 1.54. The van der Waals surface area contributed by atoms with Crippen LogP contribution in [0.3, 0.4) is 0 Å². The average molecular weight is 299 g/mol. The zero-order chi connectivity index (χ0) is 13.7. The smallest absolute Gasteiger partial charge is 0.205 e. The van der Waals surface area contributed by atoms with Crippen LogP contribution in [0.2, 0.25) is 5.15 Å². The third-order valence-electron chi connectivity index (χ3n) is 2.52. The van der Waals surface area contributed by atoms with Gasteiger partial charge in [-0.25, -0.2) is 9.97 Å². The quantitative estimate of drug-likeness (QED) is 0.767. The zero-order valence-electron chi connectivity index (χ0n) is 10.8. The standard InChI is InChI=1S/C12H15ClN4OS/c1-17(8-9-3-4-10(13)14-7-9)12-15-11(16-19-12)5-6-18-2/h3-4,7H,5-6,8H2,1-2H3. The number of anilines is 1. The van der Waals surface area contributed by atoms with Gasteiger partial charge in [-0.05, 0) is 11.6 Å². The summed E-state index contributed by atoms with van der Waals surface area (Å²) < 4.78 is 9.32. The molecule has 0 aliphatic heterocycles. The lowest BCUT2D eigenvalue weighted by atomic mass is 10.3. The third kappa shape index (κ3) is 4.12. The molecule has 0 N–H and O–H groups in total. The fraction of sp³-hybridized carbons (Fsp3) is 0.417. The summed E-state index contributed by atoms with van der Waals surface area (Å²) in [5.74, 6) is 0.822. The molecule has 0 atom stereocenters. The Balaban J connectivity index is 1.97. The molecule has 0 saturated heterocycles. The Labute approximate surface area is 121 Å². The van der Waals surface area contributed by atoms with Crippen LogP contribution in [0.5, 0.6) is 0 Å². The molecule has 2 heterocycles. The molecule has 0 amide bonds. The Kier molecular flexibility index (Phi) is 5.07. The average Bonchev–Trinajstić information content (AvgIpc) is 2.88. The predicted octanol–water partition coefficient (Wildman–Crippen LogP) is 2.41. The molecule has 2 aromatic heterocycles. The topological polar surface area (TPSA) is 51.1 Å². The van der Waals surface area contributed by atoms with Gasteiger partial charge < -0.3 is 9.64 Å². The van der Waals surface area contributed by atoms with Gasteiger partial charge in [0.15, 0.2) is 0 Å². The van der Waals surface area contributed by atoms with E-state index < -0.39 is 0 Å². The van der Waals surface area contributed by atoms with E-state index >= 15 is 0 Å². The van der Waals surface area contributed by atoms with Crippen molar-refractivity contribution in [2.45, 2.75) is 13.0 Å². The van der Waals surface area contributed by atoms with Crippen LogP contribution in [0.1, 0.15) is 11.4 Å². The molecule has 0 aromatic carbocycles. The molecule has 0 spiro atoms. The Morgan fingerprint density at radius 3 is 2.95 bits per heavy atom. The van der Waals surface area contributed by atoms with Crippen molar-refractivity contribution >= 4 is 28.3 Å². The third-order valence-corrected chi connectivity index (χ3v) is 3.61. The Hall–Kier alpha value is -1.24. The lowest BCUT2D eigenvalue weighted by molar-refractivity contribution is 0.201. The number of hydrogen-bond acceptors (Lipinski definition) is 6. The first-order valence-electron chi connectivity index (χ1n) is 5.82. The van der Waals surface area contributed by atoms with Crippen LogP contribution in [-0.2, 0) is 17.7 Å². The van der Waals surface area contributed by atoms with Crippen LogP contribution in [0.15, 0.2) is 18.3 Å². The number of pyridine rings is 1. The van der Waals surface area contributed by atoms with E-state index in [0.717, 1.165) is 29.5 Å². The number of nitrogens with zero attached hydrogens (tertiary/aromatic N) is 4. The number of halogens is 1. The molecule has 0 bridgehead atoms. The number of rotatable bonds is 6. The summed E-state index contributed by atoms with van der Waals surface area (Å²) in [5, 5.41) is 1.39. The normalized spacial score (nSPS) is 10.7. The van der Waals surface area contributed by atoms with Gasteiger partial charge in [0.1, 0.15) is 11.0 Å². The van der Waals surface area contributed by atoms with Crippen molar-refractivity contribution in [1.82, 2.24) is 14.3 Å². The second-order valence-corrected chi connectivity index (χ2v) is 5.20. The first kappa shape index (κ1) is 14.2. The van der Waals surface area contributed by atoms with Crippen molar-refractivity contribution in [2.75, 3.05) is 25.7 Å². The molecule has 5 nitrogen and oxygen atoms in total. The Morgan fingerprint density at radius 1 is 1.42 bits per heavy atom. The van der Waals surface area contributed by atoms with Gasteiger partial charge in [0.2, 0.25) is 5.13 Å². The van der Waals surface area contributed by atoms with Gasteiger partial charge in [-0.3, -0.25) is 0 Å². The largest absolute Gasteiger partial charge is 0.384 e. The summed E-state index contributed by atoms with van der Waals surface area (Å²) in [6.07, 6.45) is 2.51. The Bertz CT molecular complexity index is 517. The highest BCUT2D eigenvalue weighted by molar-refractivity contribution is 7.09. The first-order valence-corrected chi connectivity index (χ1v) is 6.97. The van der Waals surface area contributed by atoms with Crippen molar-refractivity contribution < 1.29 is 4.74 Å². The van der Waals surface area contributed by atoms with Gasteiger partial charge in [-0.1, -0.05) is 17.7 Å². The monoisotopic (exact) mass is 298 g/mol. The van der Waals surface area contributed by atoms with Gasteiger partial charge in [-0.2, -0.15) is 4.37 Å². The van der Waals surface area contributed by atoms with Gasteiger partial charge in [-0.15, -0.1) is 0 Å². The van der Waals surface area contributed by atoms with E-state index in [1.165, 1.54) is 11.5 Å². The lowest BCUT2D eigenvalue weighted by Gasteiger charge is -2.14. The van der Waals surface area contributed by atoms with E-state index in [9.17, 15) is 0 Å². The van der Waals surface area contributed by atoms with E-state index in [4.69, 9.17) is 16.3 Å². The number of ether oxygens (including phenoxy) is 1. The van der Waals surface area contributed by atoms with E-state index in [1.807, 2.05) is 18.0 Å². The number of aromatic nitrogens is 3. The highest BCUT2D eigenvalue weighted by atomic mass is 35.5. The summed E-state index contributed by atoms with van der Waals surface area (Å²) in [7, 11) is 3.65. The fourth-order valence-corrected chi connectivity index (χ4v) is 2.32. The number of methoxy groups -OCH3 is 1. The van der Waals surface area contributed by atoms with Gasteiger partial charge in [0.25, 0.3) is 0 Å². The molecule has 0 radical (unpaired) electrons. The number of hydrogen-bond donors (Lipinski definition) is 0. The van der Waals surface area contributed by atoms with Crippen molar-refractivity contribution in [1.29, 1.82) is 0 Å². The molecule has 2 aromatic rings. The molecule has 0 aliphatic rings. The molecular weight excluding hydrogens is 284 g/mol. The van der Waals surface area contributed by atoms with E-state index in [0.29, 0.717) is 11.8 Å². The first-order chi connectivity index (χ1) is 9.19. The van der Waals surface area contributed by atoms with Crippen LogP contribution in [0.4, 0.5) is 5.13 Å². The maximum atomic E-state index is 5.76. The lowest BCUT2D eigenvalue weighted by Crippen LogP contribution is -2.16. The summed E-state index contributed by atoms with van der Waals surface area (Å²) in [6, 6.07) is 3.74. The molecule has 102 valence electrons. The minimum absolute atomic E-state index is 0.504. The zero-order valence-corrected chi connectivity index (χ0v) is 12.4. The maximum Gasteiger partial charge on any atom is 0.205 e. The van der Waals surface area contributed by atoms with Crippen molar-refractivity contribution in [3.8, 4) is 0 Å². The summed E-state index contributed by atoms with van der Waals surface area (Å²) >= 11 is 7.15. The van der Waals surface area contributed by atoms with E-state index in [-0.39, 0.29) is 0 Å². The van der Waals surface area contributed by atoms with Crippen molar-refractivity contribution in [2.24, 2.45) is 0 Å². The van der Waals surface area contributed by atoms with Crippen LogP contribution < -0.4 is 4.90 Å². The van der Waals surface area contributed by atoms with Crippen LogP contribution >= 0.6 is 23.1 Å². The maximum absolute atomic E-state index is 5.76. The molecule has 0 fully saturated rings. The summed E-state index contributed by atoms with van der Waals surface area (Å²) in [4.78, 5) is 10.6. The van der Waals surface area contributed by atoms with E-state index in [2.05, 4.69) is 14.3 Å². The van der Waals surface area contributed by atoms with Gasteiger partial charge in [0.05, 0.1) is 6.61 Å². The molecule has 7 heteroatoms. The summed E-state index contributed by atoms with van der Waals surface area (Å²) in [5.41, 5.74) is 1.08. The second-order valence-electron chi connectivity index (χ2n) is 4.08. The van der Waals surface area contributed by atoms with Crippen LogP contribution in [0.25, 0.3) is 0 Å². The molecule has 19 heavy (non-hydrogen) atoms. The van der Waals surface area contributed by atoms with Gasteiger partial charge >= 0.3 is 0 Å². The molecule has 0 saturated carbocycles. The molecule has 0 aliphatic carbocycles. The SMILES string of the molecule is COCCc1nsc(N(C)Cc2ccc(Cl)nc2)n1. The van der Waals surface area contributed by atoms with Crippen LogP contribution in [0, 0.1) is 0 Å². The van der Waals surface area contributed by atoms with E-state index in [1.54, 1.807) is 19.4 Å². The van der Waals surface area contributed by atoms with Crippen molar-refractivity contribution in [3.05, 3.63) is 34.9 Å². The highest BCUT2D eigenvalue weighted by Crippen LogP contribution is 2.18.